The minimum absolute atomic E-state index is 0.219. The molecule has 0 atom stereocenters. The van der Waals surface area contributed by atoms with E-state index in [0.717, 1.165) is 4.88 Å². The van der Waals surface area contributed by atoms with Crippen LogP contribution in [0.2, 0.25) is 0 Å². The molecule has 1 rings (SSSR count). The van der Waals surface area contributed by atoms with Gasteiger partial charge in [-0.2, -0.15) is 0 Å². The molecule has 1 aromatic rings. The van der Waals surface area contributed by atoms with E-state index < -0.39 is 4.33 Å². The van der Waals surface area contributed by atoms with E-state index in [1.54, 1.807) is 0 Å². The highest BCUT2D eigenvalue weighted by molar-refractivity contribution is 7.10. The lowest BCUT2D eigenvalue weighted by molar-refractivity contribution is 1.02. The molecule has 0 spiro atoms. The Morgan fingerprint density at radius 1 is 1.50 bits per heavy atom. The molecule has 0 saturated heterocycles. The van der Waals surface area contributed by atoms with Crippen LogP contribution in [0.15, 0.2) is 17.5 Å². The Labute approximate surface area is 78.7 Å². The topological polar surface area (TPSA) is 0 Å². The first-order valence-corrected chi connectivity index (χ1v) is 4.81. The highest BCUT2D eigenvalue weighted by Crippen LogP contribution is 2.37. The Bertz CT molecular complexity index is 193. The van der Waals surface area contributed by atoms with E-state index in [4.69, 9.17) is 34.8 Å². The number of hydrogen-bond donors (Lipinski definition) is 0. The van der Waals surface area contributed by atoms with Gasteiger partial charge in [0.1, 0.15) is 0 Å². The molecule has 0 nitrogen and oxygen atoms in total. The van der Waals surface area contributed by atoms with Gasteiger partial charge in [-0.05, 0) is 11.4 Å². The van der Waals surface area contributed by atoms with Gasteiger partial charge < -0.3 is 0 Å². The molecule has 1 aromatic heterocycles. The first kappa shape index (κ1) is 8.66. The van der Waals surface area contributed by atoms with E-state index in [2.05, 4.69) is 0 Å². The average molecular weight is 216 g/mol. The average Bonchev–Trinajstić information content (AvgIpc) is 2.38. The van der Waals surface area contributed by atoms with Crippen LogP contribution >= 0.6 is 46.1 Å². The molecule has 0 radical (unpaired) electrons. The van der Waals surface area contributed by atoms with Crippen molar-refractivity contribution in [3.63, 3.8) is 0 Å². The van der Waals surface area contributed by atoms with Crippen molar-refractivity contribution >= 4 is 46.1 Å². The number of alkyl halides is 3. The SMILES string of the molecule is ClCC(Cl)(Cl)c1cccs1. The zero-order valence-corrected chi connectivity index (χ0v) is 8.07. The maximum atomic E-state index is 5.83. The summed E-state index contributed by atoms with van der Waals surface area (Å²) in [7, 11) is 0. The third kappa shape index (κ3) is 1.79. The summed E-state index contributed by atoms with van der Waals surface area (Å²) in [4.78, 5) is 0.894. The smallest absolute Gasteiger partial charge is 0.146 e. The first-order valence-electron chi connectivity index (χ1n) is 2.64. The zero-order valence-electron chi connectivity index (χ0n) is 4.98. The van der Waals surface area contributed by atoms with Gasteiger partial charge in [0, 0.05) is 4.88 Å². The van der Waals surface area contributed by atoms with Crippen molar-refractivity contribution in [3.05, 3.63) is 22.4 Å². The molecule has 0 N–H and O–H groups in total. The second-order valence-corrected chi connectivity index (χ2v) is 4.51. The molecular formula is C6H5Cl3S. The fourth-order valence-electron chi connectivity index (χ4n) is 0.553. The van der Waals surface area contributed by atoms with Gasteiger partial charge in [0.25, 0.3) is 0 Å². The molecule has 0 bridgehead atoms. The minimum atomic E-state index is -0.907. The molecular weight excluding hydrogens is 210 g/mol. The van der Waals surface area contributed by atoms with E-state index in [-0.39, 0.29) is 5.88 Å². The molecule has 4 heteroatoms. The highest BCUT2D eigenvalue weighted by atomic mass is 35.5. The predicted octanol–water partition coefficient (Wildman–Crippen LogP) is 3.62. The summed E-state index contributed by atoms with van der Waals surface area (Å²) in [6.45, 7) is 0. The minimum Gasteiger partial charge on any atom is -0.146 e. The molecule has 0 aromatic carbocycles. The van der Waals surface area contributed by atoms with Crippen LogP contribution in [0.4, 0.5) is 0 Å². The van der Waals surface area contributed by atoms with E-state index in [1.165, 1.54) is 11.3 Å². The molecule has 0 fully saturated rings. The zero-order chi connectivity index (χ0) is 7.61. The van der Waals surface area contributed by atoms with Crippen molar-refractivity contribution in [1.82, 2.24) is 0 Å². The highest BCUT2D eigenvalue weighted by Gasteiger charge is 2.25. The third-order valence-corrected chi connectivity index (χ3v) is 3.65. The number of halogens is 3. The summed E-state index contributed by atoms with van der Waals surface area (Å²) in [6, 6.07) is 3.76. The first-order chi connectivity index (χ1) is 4.67. The molecule has 0 aliphatic heterocycles. The summed E-state index contributed by atoms with van der Waals surface area (Å²) < 4.78 is -0.907. The molecule has 0 aliphatic carbocycles. The van der Waals surface area contributed by atoms with Gasteiger partial charge in [0.2, 0.25) is 0 Å². The molecule has 1 heterocycles. The largest absolute Gasteiger partial charge is 0.165 e. The van der Waals surface area contributed by atoms with Gasteiger partial charge in [-0.1, -0.05) is 29.3 Å². The van der Waals surface area contributed by atoms with E-state index in [1.807, 2.05) is 17.5 Å². The fraction of sp³-hybridized carbons (Fsp3) is 0.333. The maximum Gasteiger partial charge on any atom is 0.165 e. The quantitative estimate of drug-likeness (QED) is 0.661. The Morgan fingerprint density at radius 2 is 2.20 bits per heavy atom. The van der Waals surface area contributed by atoms with Crippen molar-refractivity contribution in [3.8, 4) is 0 Å². The lowest BCUT2D eigenvalue weighted by Gasteiger charge is -2.12. The van der Waals surface area contributed by atoms with Gasteiger partial charge in [-0.15, -0.1) is 22.9 Å². The predicted molar refractivity (Wildman–Crippen MR) is 48.4 cm³/mol. The molecule has 56 valence electrons. The summed E-state index contributed by atoms with van der Waals surface area (Å²) >= 11 is 18.7. The Balaban J connectivity index is 2.85. The number of rotatable bonds is 2. The van der Waals surface area contributed by atoms with Gasteiger partial charge in [0.15, 0.2) is 4.33 Å². The van der Waals surface area contributed by atoms with E-state index in [9.17, 15) is 0 Å². The van der Waals surface area contributed by atoms with Gasteiger partial charge >= 0.3 is 0 Å². The summed E-state index contributed by atoms with van der Waals surface area (Å²) in [5.41, 5.74) is 0. The Hall–Kier alpha value is 0.570. The Kier molecular flexibility index (Phi) is 2.87. The molecule has 0 amide bonds. The van der Waals surface area contributed by atoms with Crippen LogP contribution in [0.25, 0.3) is 0 Å². The van der Waals surface area contributed by atoms with Crippen LogP contribution in [-0.4, -0.2) is 5.88 Å². The van der Waals surface area contributed by atoms with Crippen LogP contribution < -0.4 is 0 Å². The van der Waals surface area contributed by atoms with E-state index in [0.29, 0.717) is 0 Å². The number of thiophene rings is 1. The monoisotopic (exact) mass is 214 g/mol. The lowest BCUT2D eigenvalue weighted by atomic mass is 10.4. The van der Waals surface area contributed by atoms with Crippen molar-refractivity contribution < 1.29 is 0 Å². The van der Waals surface area contributed by atoms with Gasteiger partial charge in [-0.3, -0.25) is 0 Å². The van der Waals surface area contributed by atoms with Crippen molar-refractivity contribution in [2.75, 3.05) is 5.88 Å². The van der Waals surface area contributed by atoms with Crippen LogP contribution in [0, 0.1) is 0 Å². The van der Waals surface area contributed by atoms with Crippen LogP contribution in [0.3, 0.4) is 0 Å². The second-order valence-electron chi connectivity index (χ2n) is 1.82. The normalized spacial score (nSPS) is 11.9. The lowest BCUT2D eigenvalue weighted by Crippen LogP contribution is -2.09. The Morgan fingerprint density at radius 3 is 2.60 bits per heavy atom. The standard InChI is InChI=1S/C6H5Cl3S/c7-4-6(8,9)5-2-1-3-10-5/h1-3H,4H2. The molecule has 0 aliphatic rings. The van der Waals surface area contributed by atoms with Crippen molar-refractivity contribution in [2.24, 2.45) is 0 Å². The van der Waals surface area contributed by atoms with Gasteiger partial charge in [-0.25, -0.2) is 0 Å². The maximum absolute atomic E-state index is 5.83. The van der Waals surface area contributed by atoms with Crippen LogP contribution in [-0.2, 0) is 4.33 Å². The van der Waals surface area contributed by atoms with Crippen molar-refractivity contribution in [1.29, 1.82) is 0 Å². The summed E-state index contributed by atoms with van der Waals surface area (Å²) in [5.74, 6) is 0.219. The van der Waals surface area contributed by atoms with Crippen molar-refractivity contribution in [2.45, 2.75) is 4.33 Å². The molecule has 10 heavy (non-hydrogen) atoms. The number of hydrogen-bond acceptors (Lipinski definition) is 1. The summed E-state index contributed by atoms with van der Waals surface area (Å²) in [6.07, 6.45) is 0. The summed E-state index contributed by atoms with van der Waals surface area (Å²) in [5, 5.41) is 1.92. The fourth-order valence-corrected chi connectivity index (χ4v) is 1.87. The van der Waals surface area contributed by atoms with Crippen LogP contribution in [0.1, 0.15) is 4.88 Å². The van der Waals surface area contributed by atoms with Gasteiger partial charge in [0.05, 0.1) is 5.88 Å². The van der Waals surface area contributed by atoms with E-state index >= 15 is 0 Å². The molecule has 0 unspecified atom stereocenters. The second kappa shape index (κ2) is 3.31. The molecule has 0 saturated carbocycles. The van der Waals surface area contributed by atoms with Crippen LogP contribution in [0.5, 0.6) is 0 Å². The third-order valence-electron chi connectivity index (χ3n) is 1.05.